The van der Waals surface area contributed by atoms with Crippen LogP contribution in [0.15, 0.2) is 40.2 Å². The first-order valence-electron chi connectivity index (χ1n) is 5.21. The molecule has 0 saturated heterocycles. The molecule has 0 radical (unpaired) electrons. The highest BCUT2D eigenvalue weighted by atomic mass is 79.9. The van der Waals surface area contributed by atoms with E-state index in [0.29, 0.717) is 0 Å². The summed E-state index contributed by atoms with van der Waals surface area (Å²) in [4.78, 5) is 1.32. The van der Waals surface area contributed by atoms with Gasteiger partial charge in [-0.25, -0.2) is 0 Å². The van der Waals surface area contributed by atoms with Gasteiger partial charge in [0.15, 0.2) is 0 Å². The third-order valence-corrected chi connectivity index (χ3v) is 4.63. The molecule has 1 nitrogen and oxygen atoms in total. The van der Waals surface area contributed by atoms with Gasteiger partial charge in [0.2, 0.25) is 0 Å². The van der Waals surface area contributed by atoms with E-state index in [1.165, 1.54) is 20.5 Å². The Kier molecular flexibility index (Phi) is 3.79. The summed E-state index contributed by atoms with van der Waals surface area (Å²) in [5, 5.41) is 2.09. The number of halogens is 1. The van der Waals surface area contributed by atoms with E-state index in [-0.39, 0.29) is 6.04 Å². The van der Waals surface area contributed by atoms with Crippen LogP contribution in [0.2, 0.25) is 0 Å². The SMILES string of the molecule is Cc1ccccc1C(N)Cc1sccc1Br. The van der Waals surface area contributed by atoms with Gasteiger partial charge >= 0.3 is 0 Å². The molecule has 84 valence electrons. The Hall–Kier alpha value is -0.640. The first kappa shape index (κ1) is 11.8. The van der Waals surface area contributed by atoms with Gasteiger partial charge in [-0.3, -0.25) is 0 Å². The van der Waals surface area contributed by atoms with Gasteiger partial charge in [-0.1, -0.05) is 24.3 Å². The lowest BCUT2D eigenvalue weighted by molar-refractivity contribution is 0.723. The largest absolute Gasteiger partial charge is 0.324 e. The third kappa shape index (κ3) is 2.54. The van der Waals surface area contributed by atoms with Crippen molar-refractivity contribution < 1.29 is 0 Å². The summed E-state index contributed by atoms with van der Waals surface area (Å²) < 4.78 is 1.17. The first-order valence-corrected chi connectivity index (χ1v) is 6.88. The second-order valence-electron chi connectivity index (χ2n) is 3.86. The van der Waals surface area contributed by atoms with E-state index in [2.05, 4.69) is 46.4 Å². The van der Waals surface area contributed by atoms with Crippen molar-refractivity contribution in [1.82, 2.24) is 0 Å². The Bertz CT molecular complexity index is 478. The quantitative estimate of drug-likeness (QED) is 0.908. The van der Waals surface area contributed by atoms with Crippen LogP contribution in [0.4, 0.5) is 0 Å². The summed E-state index contributed by atoms with van der Waals surface area (Å²) in [5.41, 5.74) is 8.75. The minimum absolute atomic E-state index is 0.0798. The molecule has 0 aliphatic rings. The summed E-state index contributed by atoms with van der Waals surface area (Å²) in [6.45, 7) is 2.11. The molecule has 2 aromatic rings. The molecule has 0 amide bonds. The van der Waals surface area contributed by atoms with Crippen molar-refractivity contribution in [2.75, 3.05) is 0 Å². The lowest BCUT2D eigenvalue weighted by Crippen LogP contribution is -2.14. The highest BCUT2D eigenvalue weighted by Crippen LogP contribution is 2.28. The lowest BCUT2D eigenvalue weighted by Gasteiger charge is -2.13. The van der Waals surface area contributed by atoms with Gasteiger partial charge in [0, 0.05) is 21.8 Å². The average Bonchev–Trinajstić information content (AvgIpc) is 2.65. The minimum Gasteiger partial charge on any atom is -0.324 e. The molecule has 2 N–H and O–H groups in total. The van der Waals surface area contributed by atoms with Crippen molar-refractivity contribution >= 4 is 27.3 Å². The summed E-state index contributed by atoms with van der Waals surface area (Å²) >= 11 is 5.29. The zero-order chi connectivity index (χ0) is 11.5. The maximum Gasteiger partial charge on any atom is 0.0346 e. The van der Waals surface area contributed by atoms with E-state index in [9.17, 15) is 0 Å². The fourth-order valence-corrected chi connectivity index (χ4v) is 3.36. The van der Waals surface area contributed by atoms with Gasteiger partial charge in [-0.15, -0.1) is 11.3 Å². The van der Waals surface area contributed by atoms with Crippen molar-refractivity contribution in [2.24, 2.45) is 5.73 Å². The van der Waals surface area contributed by atoms with E-state index in [1.807, 2.05) is 12.1 Å². The van der Waals surface area contributed by atoms with E-state index in [1.54, 1.807) is 11.3 Å². The molecule has 16 heavy (non-hydrogen) atoms. The number of benzene rings is 1. The number of nitrogens with two attached hydrogens (primary N) is 1. The van der Waals surface area contributed by atoms with Gasteiger partial charge < -0.3 is 5.73 Å². The summed E-state index contributed by atoms with van der Waals surface area (Å²) in [7, 11) is 0. The topological polar surface area (TPSA) is 26.0 Å². The van der Waals surface area contributed by atoms with Crippen molar-refractivity contribution in [1.29, 1.82) is 0 Å². The van der Waals surface area contributed by atoms with Gasteiger partial charge in [0.25, 0.3) is 0 Å². The zero-order valence-corrected chi connectivity index (χ0v) is 11.5. The summed E-state index contributed by atoms with van der Waals surface area (Å²) in [6.07, 6.45) is 0.892. The molecule has 0 aliphatic heterocycles. The number of aryl methyl sites for hydroxylation is 1. The molecule has 0 bridgehead atoms. The van der Waals surface area contributed by atoms with Crippen LogP contribution in [0.1, 0.15) is 22.0 Å². The molecule has 3 heteroatoms. The molecular weight excluding hydrogens is 282 g/mol. The van der Waals surface area contributed by atoms with Crippen LogP contribution in [-0.4, -0.2) is 0 Å². The Morgan fingerprint density at radius 2 is 2.06 bits per heavy atom. The Morgan fingerprint density at radius 1 is 1.31 bits per heavy atom. The molecule has 2 rings (SSSR count). The second kappa shape index (κ2) is 5.13. The highest BCUT2D eigenvalue weighted by molar-refractivity contribution is 9.10. The van der Waals surface area contributed by atoms with Crippen LogP contribution >= 0.6 is 27.3 Å². The standard InChI is InChI=1S/C13H14BrNS/c1-9-4-2-3-5-10(9)12(15)8-13-11(14)6-7-16-13/h2-7,12H,8,15H2,1H3. The predicted octanol–water partition coefficient (Wildman–Crippen LogP) is 4.06. The zero-order valence-electron chi connectivity index (χ0n) is 9.11. The number of hydrogen-bond acceptors (Lipinski definition) is 2. The van der Waals surface area contributed by atoms with Gasteiger partial charge in [-0.05, 0) is 45.4 Å². The molecule has 1 heterocycles. The predicted molar refractivity (Wildman–Crippen MR) is 73.8 cm³/mol. The van der Waals surface area contributed by atoms with E-state index >= 15 is 0 Å². The average molecular weight is 296 g/mol. The first-order chi connectivity index (χ1) is 7.68. The molecule has 0 fully saturated rings. The fourth-order valence-electron chi connectivity index (χ4n) is 1.78. The van der Waals surface area contributed by atoms with Crippen LogP contribution in [0.5, 0.6) is 0 Å². The summed E-state index contributed by atoms with van der Waals surface area (Å²) in [6, 6.07) is 10.5. The van der Waals surface area contributed by atoms with Crippen molar-refractivity contribution in [2.45, 2.75) is 19.4 Å². The van der Waals surface area contributed by atoms with Crippen LogP contribution in [-0.2, 0) is 6.42 Å². The maximum atomic E-state index is 6.24. The number of rotatable bonds is 3. The second-order valence-corrected chi connectivity index (χ2v) is 5.71. The van der Waals surface area contributed by atoms with Crippen LogP contribution in [0.25, 0.3) is 0 Å². The molecule has 0 saturated carbocycles. The van der Waals surface area contributed by atoms with Crippen LogP contribution in [0.3, 0.4) is 0 Å². The van der Waals surface area contributed by atoms with Crippen LogP contribution in [0, 0.1) is 6.92 Å². The summed E-state index contributed by atoms with van der Waals surface area (Å²) in [5.74, 6) is 0. The third-order valence-electron chi connectivity index (χ3n) is 2.68. The van der Waals surface area contributed by atoms with Crippen molar-refractivity contribution in [3.63, 3.8) is 0 Å². The molecule has 1 atom stereocenters. The van der Waals surface area contributed by atoms with Gasteiger partial charge in [0.1, 0.15) is 0 Å². The van der Waals surface area contributed by atoms with E-state index in [4.69, 9.17) is 5.73 Å². The molecule has 1 aromatic heterocycles. The Morgan fingerprint density at radius 3 is 2.69 bits per heavy atom. The fraction of sp³-hybridized carbons (Fsp3) is 0.231. The number of thiophene rings is 1. The molecular formula is C13H14BrNS. The van der Waals surface area contributed by atoms with E-state index in [0.717, 1.165) is 6.42 Å². The smallest absolute Gasteiger partial charge is 0.0346 e. The van der Waals surface area contributed by atoms with Crippen LogP contribution < -0.4 is 5.73 Å². The van der Waals surface area contributed by atoms with Crippen molar-refractivity contribution in [3.8, 4) is 0 Å². The molecule has 1 aromatic carbocycles. The lowest BCUT2D eigenvalue weighted by atomic mass is 9.99. The normalized spacial score (nSPS) is 12.7. The Balaban J connectivity index is 2.18. The Labute approximate surface area is 108 Å². The molecule has 1 unspecified atom stereocenters. The monoisotopic (exact) mass is 295 g/mol. The van der Waals surface area contributed by atoms with Crippen molar-refractivity contribution in [3.05, 3.63) is 56.2 Å². The van der Waals surface area contributed by atoms with Gasteiger partial charge in [-0.2, -0.15) is 0 Å². The minimum atomic E-state index is 0.0798. The number of hydrogen-bond donors (Lipinski definition) is 1. The molecule has 0 spiro atoms. The molecule has 0 aliphatic carbocycles. The maximum absolute atomic E-state index is 6.24. The van der Waals surface area contributed by atoms with Gasteiger partial charge in [0.05, 0.1) is 0 Å². The van der Waals surface area contributed by atoms with E-state index < -0.39 is 0 Å². The highest BCUT2D eigenvalue weighted by Gasteiger charge is 2.11.